The van der Waals surface area contributed by atoms with Crippen molar-refractivity contribution in [2.24, 2.45) is 5.92 Å². The van der Waals surface area contributed by atoms with Gasteiger partial charge in [0.15, 0.2) is 0 Å². The number of likely N-dealkylation sites (tertiary alicyclic amines) is 1. The second kappa shape index (κ2) is 5.11. The highest BCUT2D eigenvalue weighted by Gasteiger charge is 2.33. The number of benzene rings is 1. The lowest BCUT2D eigenvalue weighted by Gasteiger charge is -2.31. The van der Waals surface area contributed by atoms with Crippen molar-refractivity contribution < 1.29 is 9.59 Å². The number of hydrogen-bond donors (Lipinski definition) is 0. The predicted molar refractivity (Wildman–Crippen MR) is 85.1 cm³/mol. The molecule has 3 aliphatic rings. The molecule has 116 valence electrons. The van der Waals surface area contributed by atoms with Crippen molar-refractivity contribution >= 4 is 17.5 Å². The molecule has 1 aromatic rings. The lowest BCUT2D eigenvalue weighted by Crippen LogP contribution is -2.38. The van der Waals surface area contributed by atoms with Gasteiger partial charge in [0.2, 0.25) is 5.91 Å². The first-order chi connectivity index (χ1) is 10.6. The third-order valence-corrected chi connectivity index (χ3v) is 5.33. The number of anilines is 1. The summed E-state index contributed by atoms with van der Waals surface area (Å²) in [6.45, 7) is 4.80. The zero-order valence-corrected chi connectivity index (χ0v) is 13.1. The maximum absolute atomic E-state index is 12.8. The second-order valence-corrected chi connectivity index (χ2v) is 6.94. The number of rotatable bonds is 1. The Hall–Kier alpha value is -1.84. The van der Waals surface area contributed by atoms with E-state index in [9.17, 15) is 9.59 Å². The fourth-order valence-corrected chi connectivity index (χ4v) is 4.00. The standard InChI is InChI=1S/C18H22N2O2/c1-12-4-7-19(8-5-12)18(22)15-9-13-3-2-6-20-16(21)11-14(10-15)17(13)20/h9-10,12H,2-8,11H2,1H3. The van der Waals surface area contributed by atoms with Crippen molar-refractivity contribution in [1.82, 2.24) is 4.90 Å². The molecular formula is C18H22N2O2. The van der Waals surface area contributed by atoms with Crippen LogP contribution in [-0.2, 0) is 17.6 Å². The van der Waals surface area contributed by atoms with Crippen LogP contribution in [0, 0.1) is 5.92 Å². The minimum absolute atomic E-state index is 0.141. The van der Waals surface area contributed by atoms with Crippen LogP contribution in [0.3, 0.4) is 0 Å². The maximum Gasteiger partial charge on any atom is 0.253 e. The third-order valence-electron chi connectivity index (χ3n) is 5.33. The van der Waals surface area contributed by atoms with Crippen LogP contribution in [0.1, 0.15) is 47.7 Å². The molecule has 4 heteroatoms. The van der Waals surface area contributed by atoms with Gasteiger partial charge in [0, 0.05) is 25.2 Å². The predicted octanol–water partition coefficient (Wildman–Crippen LogP) is 2.39. The number of hydrogen-bond acceptors (Lipinski definition) is 2. The van der Waals surface area contributed by atoms with Gasteiger partial charge in [-0.05, 0) is 54.9 Å². The van der Waals surface area contributed by atoms with Gasteiger partial charge in [-0.15, -0.1) is 0 Å². The average Bonchev–Trinajstić information content (AvgIpc) is 2.85. The monoisotopic (exact) mass is 298 g/mol. The summed E-state index contributed by atoms with van der Waals surface area (Å²) in [5.74, 6) is 1.05. The third kappa shape index (κ3) is 2.13. The van der Waals surface area contributed by atoms with E-state index in [1.807, 2.05) is 21.9 Å². The van der Waals surface area contributed by atoms with Gasteiger partial charge >= 0.3 is 0 Å². The van der Waals surface area contributed by atoms with Gasteiger partial charge in [0.25, 0.3) is 5.91 Å². The Kier molecular flexibility index (Phi) is 3.21. The summed E-state index contributed by atoms with van der Waals surface area (Å²) in [5, 5.41) is 0. The van der Waals surface area contributed by atoms with Crippen LogP contribution < -0.4 is 4.90 Å². The maximum atomic E-state index is 12.8. The summed E-state index contributed by atoms with van der Waals surface area (Å²) >= 11 is 0. The van der Waals surface area contributed by atoms with Gasteiger partial charge in [0.05, 0.1) is 12.1 Å². The van der Waals surface area contributed by atoms with E-state index < -0.39 is 0 Å². The smallest absolute Gasteiger partial charge is 0.253 e. The molecule has 0 spiro atoms. The van der Waals surface area contributed by atoms with Crippen LogP contribution in [0.15, 0.2) is 12.1 Å². The fraction of sp³-hybridized carbons (Fsp3) is 0.556. The van der Waals surface area contributed by atoms with Crippen molar-refractivity contribution in [3.8, 4) is 0 Å². The summed E-state index contributed by atoms with van der Waals surface area (Å²) in [5.41, 5.74) is 4.11. The first-order valence-electron chi connectivity index (χ1n) is 8.39. The lowest BCUT2D eigenvalue weighted by atomic mass is 9.95. The van der Waals surface area contributed by atoms with Crippen molar-refractivity contribution in [2.45, 2.75) is 39.0 Å². The van der Waals surface area contributed by atoms with Gasteiger partial charge in [-0.1, -0.05) is 6.92 Å². The summed E-state index contributed by atoms with van der Waals surface area (Å²) in [6.07, 6.45) is 4.62. The van der Waals surface area contributed by atoms with Crippen molar-refractivity contribution in [1.29, 1.82) is 0 Å². The largest absolute Gasteiger partial charge is 0.339 e. The highest BCUT2D eigenvalue weighted by Crippen LogP contribution is 2.37. The minimum atomic E-state index is 0.141. The average molecular weight is 298 g/mol. The molecule has 0 bridgehead atoms. The van der Waals surface area contributed by atoms with Gasteiger partial charge in [-0.2, -0.15) is 0 Å². The number of aryl methyl sites for hydroxylation is 1. The molecule has 0 aromatic heterocycles. The van der Waals surface area contributed by atoms with Crippen molar-refractivity contribution in [2.75, 3.05) is 24.5 Å². The van der Waals surface area contributed by atoms with E-state index in [-0.39, 0.29) is 11.8 Å². The van der Waals surface area contributed by atoms with E-state index in [1.54, 1.807) is 0 Å². The number of nitrogens with zero attached hydrogens (tertiary/aromatic N) is 2. The van der Waals surface area contributed by atoms with Crippen LogP contribution in [0.25, 0.3) is 0 Å². The molecule has 2 amide bonds. The summed E-state index contributed by atoms with van der Waals surface area (Å²) in [6, 6.07) is 3.99. The summed E-state index contributed by atoms with van der Waals surface area (Å²) in [7, 11) is 0. The van der Waals surface area contributed by atoms with Gasteiger partial charge in [0.1, 0.15) is 0 Å². The molecule has 0 aliphatic carbocycles. The molecule has 0 radical (unpaired) electrons. The summed E-state index contributed by atoms with van der Waals surface area (Å²) in [4.78, 5) is 28.8. The first-order valence-corrected chi connectivity index (χ1v) is 8.39. The van der Waals surface area contributed by atoms with E-state index in [4.69, 9.17) is 0 Å². The number of piperidine rings is 1. The Bertz CT molecular complexity index is 645. The molecule has 0 unspecified atom stereocenters. The molecule has 22 heavy (non-hydrogen) atoms. The molecule has 0 N–H and O–H groups in total. The van der Waals surface area contributed by atoms with Crippen LogP contribution in [0.2, 0.25) is 0 Å². The molecule has 0 saturated carbocycles. The molecule has 4 nitrogen and oxygen atoms in total. The van der Waals surface area contributed by atoms with Gasteiger partial charge in [-0.3, -0.25) is 9.59 Å². The highest BCUT2D eigenvalue weighted by atomic mass is 16.2. The quantitative estimate of drug-likeness (QED) is 0.799. The minimum Gasteiger partial charge on any atom is -0.339 e. The zero-order chi connectivity index (χ0) is 15.3. The van der Waals surface area contributed by atoms with E-state index in [0.717, 1.165) is 68.0 Å². The van der Waals surface area contributed by atoms with Crippen LogP contribution in [0.4, 0.5) is 5.69 Å². The Morgan fingerprint density at radius 1 is 1.14 bits per heavy atom. The molecule has 0 atom stereocenters. The van der Waals surface area contributed by atoms with Gasteiger partial charge in [-0.25, -0.2) is 0 Å². The van der Waals surface area contributed by atoms with Crippen LogP contribution >= 0.6 is 0 Å². The van der Waals surface area contributed by atoms with Crippen molar-refractivity contribution in [3.05, 3.63) is 28.8 Å². The molecule has 1 saturated heterocycles. The Morgan fingerprint density at radius 3 is 2.64 bits per heavy atom. The van der Waals surface area contributed by atoms with E-state index in [0.29, 0.717) is 6.42 Å². The molecule has 4 rings (SSSR count). The Labute approximate surface area is 131 Å². The van der Waals surface area contributed by atoms with Gasteiger partial charge < -0.3 is 9.80 Å². The van der Waals surface area contributed by atoms with Crippen molar-refractivity contribution in [3.63, 3.8) is 0 Å². The molecular weight excluding hydrogens is 276 g/mol. The SMILES string of the molecule is CC1CCN(C(=O)c2cc3c4c(c2)CC(=O)N4CCC3)CC1. The molecule has 1 fully saturated rings. The highest BCUT2D eigenvalue weighted by molar-refractivity contribution is 6.04. The van der Waals surface area contributed by atoms with E-state index in [1.165, 1.54) is 5.56 Å². The molecule has 3 aliphatic heterocycles. The second-order valence-electron chi connectivity index (χ2n) is 6.94. The normalized spacial score (nSPS) is 21.2. The number of amides is 2. The molecule has 1 aromatic carbocycles. The number of carbonyl (C=O) groups excluding carboxylic acids is 2. The van der Waals surface area contributed by atoms with E-state index >= 15 is 0 Å². The summed E-state index contributed by atoms with van der Waals surface area (Å²) < 4.78 is 0. The van der Waals surface area contributed by atoms with Crippen LogP contribution in [-0.4, -0.2) is 36.3 Å². The fourth-order valence-electron chi connectivity index (χ4n) is 4.00. The lowest BCUT2D eigenvalue weighted by molar-refractivity contribution is -0.117. The topological polar surface area (TPSA) is 40.6 Å². The Balaban J connectivity index is 1.65. The van der Waals surface area contributed by atoms with Crippen LogP contribution in [0.5, 0.6) is 0 Å². The first kappa shape index (κ1) is 13.8. The van der Waals surface area contributed by atoms with E-state index in [2.05, 4.69) is 6.92 Å². The Morgan fingerprint density at radius 2 is 1.86 bits per heavy atom. The number of carbonyl (C=O) groups is 2. The zero-order valence-electron chi connectivity index (χ0n) is 13.1. The molecule has 3 heterocycles.